The van der Waals surface area contributed by atoms with E-state index in [2.05, 4.69) is 6.92 Å². The van der Waals surface area contributed by atoms with Gasteiger partial charge in [-0.1, -0.05) is 65.4 Å². The molecule has 9 atom stereocenters. The Hall–Kier alpha value is -2.27. The SMILES string of the molecule is C/C=C(/C)C(=O)O[C@H]1C(C)=C2[C@H]([C@@H]1OCCCCCCCC)[C@@](C)(OC(C)=O)C[C@H](OCC(C)CC)[C@@]1(O)[C@H]2OC(=O)[C@@]1(C)O. The molecule has 256 valence electrons. The summed E-state index contributed by atoms with van der Waals surface area (Å²) < 4.78 is 30.9. The highest BCUT2D eigenvalue weighted by atomic mass is 16.6. The summed E-state index contributed by atoms with van der Waals surface area (Å²) >= 11 is 0. The molecule has 2 fully saturated rings. The summed E-state index contributed by atoms with van der Waals surface area (Å²) in [5, 5.41) is 24.1. The summed E-state index contributed by atoms with van der Waals surface area (Å²) in [6.07, 6.45) is 4.41. The van der Waals surface area contributed by atoms with Crippen LogP contribution in [0.1, 0.15) is 114 Å². The summed E-state index contributed by atoms with van der Waals surface area (Å²) in [4.78, 5) is 39.1. The van der Waals surface area contributed by atoms with E-state index in [4.69, 9.17) is 23.7 Å². The number of aliphatic hydroxyl groups is 2. The Morgan fingerprint density at radius 2 is 1.71 bits per heavy atom. The zero-order valence-electron chi connectivity index (χ0n) is 28.8. The maximum atomic E-state index is 13.2. The molecule has 1 heterocycles. The molecule has 3 aliphatic rings. The van der Waals surface area contributed by atoms with Gasteiger partial charge in [-0.3, -0.25) is 4.79 Å². The lowest BCUT2D eigenvalue weighted by Crippen LogP contribution is -2.64. The molecule has 0 bridgehead atoms. The lowest BCUT2D eigenvalue weighted by atomic mass is 9.75. The van der Waals surface area contributed by atoms with E-state index in [9.17, 15) is 24.6 Å². The van der Waals surface area contributed by atoms with Crippen LogP contribution in [-0.4, -0.2) is 82.6 Å². The van der Waals surface area contributed by atoms with Crippen LogP contribution in [-0.2, 0) is 38.1 Å². The van der Waals surface area contributed by atoms with Crippen molar-refractivity contribution in [3.8, 4) is 0 Å². The molecule has 10 nitrogen and oxygen atoms in total. The largest absolute Gasteiger partial charge is 0.459 e. The van der Waals surface area contributed by atoms with Crippen molar-refractivity contribution in [1.82, 2.24) is 0 Å². The van der Waals surface area contributed by atoms with Gasteiger partial charge < -0.3 is 33.9 Å². The van der Waals surface area contributed by atoms with Crippen molar-refractivity contribution in [2.45, 2.75) is 155 Å². The standard InChI is InChI=1S/C35H56O10/c1-10-13-14-15-16-17-18-41-29-27-26(23(6)28(29)43-31(37)22(5)12-3)30-35(40,34(9,39)32(38)44-30)25(42-20-21(4)11-2)19-33(27,8)45-24(7)36/h12,21,25,27-30,39-40H,10-11,13-20H2,1-9H3/b22-12-/t21?,25-,27+,28-,29-,30-,33-,34+,35+/m0/s1. The molecule has 0 radical (unpaired) electrons. The second-order valence-corrected chi connectivity index (χ2v) is 13.6. The fraction of sp³-hybridized carbons (Fsp3) is 0.800. The first-order valence-corrected chi connectivity index (χ1v) is 16.7. The molecule has 2 N–H and O–H groups in total. The van der Waals surface area contributed by atoms with E-state index in [0.717, 1.165) is 38.5 Å². The lowest BCUT2D eigenvalue weighted by molar-refractivity contribution is -0.212. The van der Waals surface area contributed by atoms with Crippen molar-refractivity contribution in [2.75, 3.05) is 13.2 Å². The van der Waals surface area contributed by atoms with Gasteiger partial charge in [-0.05, 0) is 58.1 Å². The van der Waals surface area contributed by atoms with Crippen LogP contribution in [0.4, 0.5) is 0 Å². The number of ether oxygens (including phenoxy) is 5. The van der Waals surface area contributed by atoms with Gasteiger partial charge in [0.25, 0.3) is 0 Å². The number of carbonyl (C=O) groups excluding carboxylic acids is 3. The first-order valence-electron chi connectivity index (χ1n) is 16.7. The van der Waals surface area contributed by atoms with Crippen LogP contribution in [0.5, 0.6) is 0 Å². The fourth-order valence-electron chi connectivity index (χ4n) is 7.00. The summed E-state index contributed by atoms with van der Waals surface area (Å²) in [5.74, 6) is -2.76. The first-order chi connectivity index (χ1) is 21.1. The van der Waals surface area contributed by atoms with Crippen LogP contribution in [0.15, 0.2) is 22.8 Å². The van der Waals surface area contributed by atoms with Gasteiger partial charge in [0.2, 0.25) is 0 Å². The first kappa shape index (κ1) is 37.2. The number of rotatable bonds is 15. The van der Waals surface area contributed by atoms with E-state index >= 15 is 0 Å². The maximum Gasteiger partial charge on any atom is 0.341 e. The molecule has 0 aromatic heterocycles. The monoisotopic (exact) mass is 636 g/mol. The van der Waals surface area contributed by atoms with Crippen LogP contribution >= 0.6 is 0 Å². The number of hydrogen-bond acceptors (Lipinski definition) is 10. The minimum absolute atomic E-state index is 0.0737. The third-order valence-electron chi connectivity index (χ3n) is 10.1. The van der Waals surface area contributed by atoms with Gasteiger partial charge in [0.1, 0.15) is 11.7 Å². The summed E-state index contributed by atoms with van der Waals surface area (Å²) in [7, 11) is 0. The molecule has 0 aromatic carbocycles. The molecule has 2 aliphatic carbocycles. The van der Waals surface area contributed by atoms with Gasteiger partial charge in [0.15, 0.2) is 23.4 Å². The predicted molar refractivity (Wildman–Crippen MR) is 168 cm³/mol. The fourth-order valence-corrected chi connectivity index (χ4v) is 7.00. The Labute approximate surface area is 268 Å². The molecule has 1 saturated carbocycles. The average Bonchev–Trinajstić information content (AvgIpc) is 3.32. The highest BCUT2D eigenvalue weighted by molar-refractivity contribution is 5.88. The smallest absolute Gasteiger partial charge is 0.341 e. The van der Waals surface area contributed by atoms with Gasteiger partial charge in [-0.2, -0.15) is 0 Å². The highest BCUT2D eigenvalue weighted by Gasteiger charge is 2.75. The highest BCUT2D eigenvalue weighted by Crippen LogP contribution is 2.57. The van der Waals surface area contributed by atoms with E-state index in [1.165, 1.54) is 20.3 Å². The van der Waals surface area contributed by atoms with Gasteiger partial charge in [-0.25, -0.2) is 9.59 Å². The summed E-state index contributed by atoms with van der Waals surface area (Å²) in [6, 6.07) is 0. The number of fused-ring (bicyclic) bond motifs is 3. The molecule has 10 heteroatoms. The number of hydrogen-bond donors (Lipinski definition) is 2. The third-order valence-corrected chi connectivity index (χ3v) is 10.1. The molecule has 0 spiro atoms. The summed E-state index contributed by atoms with van der Waals surface area (Å²) in [6.45, 7) is 16.2. The van der Waals surface area contributed by atoms with Crippen molar-refractivity contribution in [1.29, 1.82) is 0 Å². The quantitative estimate of drug-likeness (QED) is 0.0819. The van der Waals surface area contributed by atoms with E-state index in [1.807, 2.05) is 13.8 Å². The Morgan fingerprint density at radius 1 is 1.07 bits per heavy atom. The van der Waals surface area contributed by atoms with Crippen LogP contribution in [0.3, 0.4) is 0 Å². The normalized spacial score (nSPS) is 35.4. The molecule has 1 saturated heterocycles. The zero-order valence-corrected chi connectivity index (χ0v) is 28.8. The van der Waals surface area contributed by atoms with Crippen LogP contribution in [0.2, 0.25) is 0 Å². The topological polar surface area (TPSA) is 138 Å². The molecular formula is C35H56O10. The summed E-state index contributed by atoms with van der Waals surface area (Å²) in [5.41, 5.74) is -4.61. The Kier molecular flexibility index (Phi) is 12.5. The lowest BCUT2D eigenvalue weighted by Gasteiger charge is -2.42. The van der Waals surface area contributed by atoms with Gasteiger partial charge >= 0.3 is 17.9 Å². The molecule has 45 heavy (non-hydrogen) atoms. The minimum Gasteiger partial charge on any atom is -0.459 e. The molecule has 1 aliphatic heterocycles. The second-order valence-electron chi connectivity index (χ2n) is 13.6. The average molecular weight is 637 g/mol. The molecular weight excluding hydrogens is 580 g/mol. The Balaban J connectivity index is 2.17. The second kappa shape index (κ2) is 15.1. The van der Waals surface area contributed by atoms with E-state index in [0.29, 0.717) is 23.3 Å². The van der Waals surface area contributed by atoms with Crippen molar-refractivity contribution >= 4 is 17.9 Å². The number of carbonyl (C=O) groups is 3. The third kappa shape index (κ3) is 7.34. The van der Waals surface area contributed by atoms with Crippen molar-refractivity contribution in [3.63, 3.8) is 0 Å². The van der Waals surface area contributed by atoms with Gasteiger partial charge in [0, 0.05) is 32.1 Å². The van der Waals surface area contributed by atoms with E-state index < -0.39 is 65.0 Å². The van der Waals surface area contributed by atoms with Crippen molar-refractivity contribution < 1.29 is 48.3 Å². The number of allylic oxidation sites excluding steroid dienone is 1. The van der Waals surface area contributed by atoms with Crippen LogP contribution in [0, 0.1) is 11.8 Å². The van der Waals surface area contributed by atoms with Crippen molar-refractivity contribution in [3.05, 3.63) is 22.8 Å². The molecule has 0 amide bonds. The molecule has 0 aromatic rings. The minimum atomic E-state index is -2.35. The van der Waals surface area contributed by atoms with Gasteiger partial charge in [-0.15, -0.1) is 0 Å². The molecule has 1 unspecified atom stereocenters. The van der Waals surface area contributed by atoms with Gasteiger partial charge in [0.05, 0.1) is 12.0 Å². The van der Waals surface area contributed by atoms with E-state index in [1.54, 1.807) is 33.8 Å². The molecule has 3 rings (SSSR count). The Bertz CT molecular complexity index is 1140. The predicted octanol–water partition coefficient (Wildman–Crippen LogP) is 5.12. The zero-order chi connectivity index (χ0) is 33.7. The van der Waals surface area contributed by atoms with Crippen LogP contribution < -0.4 is 0 Å². The van der Waals surface area contributed by atoms with Crippen LogP contribution in [0.25, 0.3) is 0 Å². The van der Waals surface area contributed by atoms with Crippen molar-refractivity contribution in [2.24, 2.45) is 11.8 Å². The van der Waals surface area contributed by atoms with E-state index in [-0.39, 0.29) is 18.9 Å². The Morgan fingerprint density at radius 3 is 2.31 bits per heavy atom. The number of esters is 3. The maximum absolute atomic E-state index is 13.2. The number of unbranched alkanes of at least 4 members (excludes halogenated alkanes) is 5.